The molecule has 0 aromatic carbocycles. The number of piperidine rings is 1. The van der Waals surface area contributed by atoms with E-state index in [0.29, 0.717) is 19.1 Å². The topological polar surface area (TPSA) is 32.8 Å². The zero-order valence-corrected chi connectivity index (χ0v) is 15.8. The Hall–Kier alpha value is -0.610. The van der Waals surface area contributed by atoms with Crippen molar-refractivity contribution < 1.29 is 9.53 Å². The number of amides is 1. The molecule has 4 nitrogen and oxygen atoms in total. The highest BCUT2D eigenvalue weighted by molar-refractivity contribution is 5.79. The number of morpholine rings is 1. The van der Waals surface area contributed by atoms with Crippen molar-refractivity contribution in [3.05, 3.63) is 0 Å². The van der Waals surface area contributed by atoms with E-state index >= 15 is 0 Å². The maximum absolute atomic E-state index is 12.6. The Morgan fingerprint density at radius 1 is 0.958 bits per heavy atom. The molecule has 2 fully saturated rings. The van der Waals surface area contributed by atoms with E-state index in [1.165, 1.54) is 70.9 Å². The summed E-state index contributed by atoms with van der Waals surface area (Å²) in [5.74, 6) is 0.602. The summed E-state index contributed by atoms with van der Waals surface area (Å²) in [5.41, 5.74) is 0. The number of rotatable bonds is 10. The minimum atomic E-state index is 0.228. The first-order valence-corrected chi connectivity index (χ1v) is 10.4. The van der Waals surface area contributed by atoms with Crippen LogP contribution >= 0.6 is 0 Å². The van der Waals surface area contributed by atoms with Crippen LogP contribution in [0.5, 0.6) is 0 Å². The monoisotopic (exact) mass is 338 g/mol. The van der Waals surface area contributed by atoms with E-state index in [9.17, 15) is 4.79 Å². The smallest absolute Gasteiger partial charge is 0.227 e. The highest BCUT2D eigenvalue weighted by Crippen LogP contribution is 2.20. The van der Waals surface area contributed by atoms with E-state index in [2.05, 4.69) is 11.8 Å². The van der Waals surface area contributed by atoms with Crippen molar-refractivity contribution >= 4 is 5.91 Å². The normalized spacial score (nSPS) is 22.7. The molecule has 0 bridgehead atoms. The van der Waals surface area contributed by atoms with Crippen LogP contribution in [0.2, 0.25) is 0 Å². The molecule has 0 spiro atoms. The zero-order valence-electron chi connectivity index (χ0n) is 15.8. The fraction of sp³-hybridized carbons (Fsp3) is 0.950. The first-order valence-electron chi connectivity index (χ1n) is 10.4. The summed E-state index contributed by atoms with van der Waals surface area (Å²) in [5, 5.41) is 0. The first-order chi connectivity index (χ1) is 11.8. The molecular weight excluding hydrogens is 300 g/mol. The van der Waals surface area contributed by atoms with Gasteiger partial charge in [-0.05, 0) is 32.4 Å². The largest absolute Gasteiger partial charge is 0.378 e. The maximum atomic E-state index is 12.6. The van der Waals surface area contributed by atoms with Gasteiger partial charge < -0.3 is 14.5 Å². The second-order valence-electron chi connectivity index (χ2n) is 7.55. The van der Waals surface area contributed by atoms with Crippen molar-refractivity contribution in [2.24, 2.45) is 5.92 Å². The van der Waals surface area contributed by atoms with Gasteiger partial charge in [-0.2, -0.15) is 0 Å². The molecule has 0 aromatic rings. The van der Waals surface area contributed by atoms with Gasteiger partial charge in [-0.25, -0.2) is 0 Å². The maximum Gasteiger partial charge on any atom is 0.227 e. The minimum Gasteiger partial charge on any atom is -0.378 e. The summed E-state index contributed by atoms with van der Waals surface area (Å²) >= 11 is 0. The van der Waals surface area contributed by atoms with Gasteiger partial charge in [0.2, 0.25) is 5.91 Å². The van der Waals surface area contributed by atoms with Crippen molar-refractivity contribution in [2.75, 3.05) is 45.9 Å². The number of unbranched alkanes of at least 4 members (excludes halogenated alkanes) is 7. The van der Waals surface area contributed by atoms with Gasteiger partial charge in [-0.3, -0.25) is 4.79 Å². The van der Waals surface area contributed by atoms with Crippen LogP contribution in [0.1, 0.15) is 71.1 Å². The number of hydrogen-bond donors (Lipinski definition) is 0. The van der Waals surface area contributed by atoms with Crippen molar-refractivity contribution in [3.63, 3.8) is 0 Å². The SMILES string of the molecule is CCCCCCCCCCN1CCC[C@H](C(=O)N2CCOCC2)C1. The molecule has 0 aliphatic carbocycles. The first kappa shape index (κ1) is 19.7. The summed E-state index contributed by atoms with van der Waals surface area (Å²) in [4.78, 5) is 17.2. The molecule has 2 rings (SSSR count). The molecular formula is C20H38N2O2. The van der Waals surface area contributed by atoms with Crippen LogP contribution in [-0.4, -0.2) is 61.6 Å². The number of nitrogens with zero attached hydrogens (tertiary/aromatic N) is 2. The van der Waals surface area contributed by atoms with Crippen LogP contribution in [0.3, 0.4) is 0 Å². The van der Waals surface area contributed by atoms with Crippen molar-refractivity contribution in [1.82, 2.24) is 9.80 Å². The molecule has 4 heteroatoms. The highest BCUT2D eigenvalue weighted by Gasteiger charge is 2.29. The lowest BCUT2D eigenvalue weighted by Crippen LogP contribution is -2.48. The second kappa shape index (κ2) is 11.9. The number of hydrogen-bond acceptors (Lipinski definition) is 3. The lowest BCUT2D eigenvalue weighted by atomic mass is 9.96. The average molecular weight is 339 g/mol. The Labute approximate surface area is 148 Å². The third-order valence-electron chi connectivity index (χ3n) is 5.51. The molecule has 2 saturated heterocycles. The van der Waals surface area contributed by atoms with Crippen molar-refractivity contribution in [3.8, 4) is 0 Å². The summed E-state index contributed by atoms with van der Waals surface area (Å²) in [7, 11) is 0. The standard InChI is InChI=1S/C20H38N2O2/c1-2-3-4-5-6-7-8-9-12-21-13-10-11-19(18-21)20(23)22-14-16-24-17-15-22/h19H,2-18H2,1H3/t19-/m0/s1. The molecule has 24 heavy (non-hydrogen) atoms. The Balaban J connectivity index is 1.56. The Kier molecular flexibility index (Phi) is 9.74. The quantitative estimate of drug-likeness (QED) is 0.569. The van der Waals surface area contributed by atoms with Gasteiger partial charge in [-0.1, -0.05) is 51.9 Å². The summed E-state index contributed by atoms with van der Waals surface area (Å²) < 4.78 is 5.36. The van der Waals surface area contributed by atoms with E-state index in [4.69, 9.17) is 4.74 Å². The zero-order chi connectivity index (χ0) is 17.0. The van der Waals surface area contributed by atoms with Crippen LogP contribution in [0.4, 0.5) is 0 Å². The van der Waals surface area contributed by atoms with Gasteiger partial charge in [0.25, 0.3) is 0 Å². The molecule has 1 amide bonds. The van der Waals surface area contributed by atoms with E-state index in [0.717, 1.165) is 26.1 Å². The molecule has 0 N–H and O–H groups in total. The molecule has 2 aliphatic rings. The Morgan fingerprint density at radius 3 is 2.33 bits per heavy atom. The van der Waals surface area contributed by atoms with Gasteiger partial charge in [-0.15, -0.1) is 0 Å². The number of carbonyl (C=O) groups is 1. The third kappa shape index (κ3) is 7.10. The predicted molar refractivity (Wildman–Crippen MR) is 99.2 cm³/mol. The second-order valence-corrected chi connectivity index (χ2v) is 7.55. The van der Waals surface area contributed by atoms with E-state index < -0.39 is 0 Å². The number of ether oxygens (including phenoxy) is 1. The van der Waals surface area contributed by atoms with Gasteiger partial charge >= 0.3 is 0 Å². The van der Waals surface area contributed by atoms with Gasteiger partial charge in [0, 0.05) is 19.6 Å². The molecule has 1 atom stereocenters. The molecule has 2 aliphatic heterocycles. The van der Waals surface area contributed by atoms with Crippen LogP contribution in [0, 0.1) is 5.92 Å². The lowest BCUT2D eigenvalue weighted by molar-refractivity contribution is -0.141. The van der Waals surface area contributed by atoms with Gasteiger partial charge in [0.05, 0.1) is 19.1 Å². The van der Waals surface area contributed by atoms with Gasteiger partial charge in [0.15, 0.2) is 0 Å². The molecule has 140 valence electrons. The third-order valence-corrected chi connectivity index (χ3v) is 5.51. The summed E-state index contributed by atoms with van der Waals surface area (Å²) in [6.07, 6.45) is 13.2. The molecule has 0 radical (unpaired) electrons. The fourth-order valence-electron chi connectivity index (χ4n) is 3.97. The molecule has 0 aromatic heterocycles. The highest BCUT2D eigenvalue weighted by atomic mass is 16.5. The summed E-state index contributed by atoms with van der Waals surface area (Å²) in [6.45, 7) is 8.61. The average Bonchev–Trinajstić information content (AvgIpc) is 2.64. The van der Waals surface area contributed by atoms with Crippen molar-refractivity contribution in [2.45, 2.75) is 71.1 Å². The van der Waals surface area contributed by atoms with Crippen LogP contribution < -0.4 is 0 Å². The molecule has 0 unspecified atom stereocenters. The molecule has 2 heterocycles. The van der Waals surface area contributed by atoms with E-state index in [1.807, 2.05) is 4.90 Å². The summed E-state index contributed by atoms with van der Waals surface area (Å²) in [6, 6.07) is 0. The minimum absolute atomic E-state index is 0.228. The van der Waals surface area contributed by atoms with E-state index in [1.54, 1.807) is 0 Å². The Bertz CT molecular complexity index is 343. The van der Waals surface area contributed by atoms with Crippen LogP contribution in [-0.2, 0) is 9.53 Å². The van der Waals surface area contributed by atoms with Crippen LogP contribution in [0.15, 0.2) is 0 Å². The van der Waals surface area contributed by atoms with Crippen molar-refractivity contribution in [1.29, 1.82) is 0 Å². The lowest BCUT2D eigenvalue weighted by Gasteiger charge is -2.36. The van der Waals surface area contributed by atoms with Gasteiger partial charge in [0.1, 0.15) is 0 Å². The Morgan fingerprint density at radius 2 is 1.62 bits per heavy atom. The number of carbonyl (C=O) groups excluding carboxylic acids is 1. The molecule has 0 saturated carbocycles. The fourth-order valence-corrected chi connectivity index (χ4v) is 3.97. The van der Waals surface area contributed by atoms with E-state index in [-0.39, 0.29) is 5.92 Å². The number of likely N-dealkylation sites (tertiary alicyclic amines) is 1. The van der Waals surface area contributed by atoms with Crippen LogP contribution in [0.25, 0.3) is 0 Å². The predicted octanol–water partition coefficient (Wildman–Crippen LogP) is 3.70.